The smallest absolute Gasteiger partial charge is 0.142 e. The molecule has 3 heteroatoms. The molecule has 1 atom stereocenters. The summed E-state index contributed by atoms with van der Waals surface area (Å²) in [6.07, 6.45) is 0.0529. The van der Waals surface area contributed by atoms with Crippen molar-refractivity contribution in [3.05, 3.63) is 71.3 Å². The number of nitrogens with zero attached hydrogens (tertiary/aromatic N) is 1. The van der Waals surface area contributed by atoms with Gasteiger partial charge in [0, 0.05) is 12.0 Å². The van der Waals surface area contributed by atoms with Gasteiger partial charge in [-0.2, -0.15) is 0 Å². The van der Waals surface area contributed by atoms with Crippen molar-refractivity contribution < 1.29 is 9.94 Å². The third kappa shape index (κ3) is 2.51. The zero-order valence-electron chi connectivity index (χ0n) is 10.5. The van der Waals surface area contributed by atoms with E-state index in [2.05, 4.69) is 5.16 Å². The molecule has 0 saturated carbocycles. The predicted molar refractivity (Wildman–Crippen MR) is 73.9 cm³/mol. The molecule has 0 heterocycles. The van der Waals surface area contributed by atoms with E-state index in [0.29, 0.717) is 18.7 Å². The molecule has 0 aromatic heterocycles. The second kappa shape index (κ2) is 5.24. The normalized spacial score (nSPS) is 19.4. The molecule has 19 heavy (non-hydrogen) atoms. The first-order valence-electron chi connectivity index (χ1n) is 6.35. The molecule has 2 aromatic rings. The lowest BCUT2D eigenvalue weighted by atomic mass is 10.1. The Morgan fingerprint density at radius 1 is 1.05 bits per heavy atom. The summed E-state index contributed by atoms with van der Waals surface area (Å²) >= 11 is 0. The first-order chi connectivity index (χ1) is 9.34. The van der Waals surface area contributed by atoms with Crippen molar-refractivity contribution in [1.82, 2.24) is 0 Å². The minimum absolute atomic E-state index is 0.416. The molecule has 1 aliphatic carbocycles. The van der Waals surface area contributed by atoms with Crippen LogP contribution in [-0.4, -0.2) is 16.9 Å². The first-order valence-corrected chi connectivity index (χ1v) is 6.35. The molecule has 0 unspecified atom stereocenters. The van der Waals surface area contributed by atoms with Crippen LogP contribution in [0.2, 0.25) is 0 Å². The van der Waals surface area contributed by atoms with Crippen molar-refractivity contribution >= 4 is 5.71 Å². The molecule has 0 radical (unpaired) electrons. The first kappa shape index (κ1) is 11.9. The van der Waals surface area contributed by atoms with Crippen LogP contribution >= 0.6 is 0 Å². The van der Waals surface area contributed by atoms with Crippen molar-refractivity contribution in [2.45, 2.75) is 19.1 Å². The second-order valence-electron chi connectivity index (χ2n) is 4.61. The largest absolute Gasteiger partial charge is 0.391 e. The van der Waals surface area contributed by atoms with Gasteiger partial charge in [-0.3, -0.25) is 0 Å². The monoisotopic (exact) mass is 253 g/mol. The van der Waals surface area contributed by atoms with Gasteiger partial charge in [0.2, 0.25) is 0 Å². The van der Waals surface area contributed by atoms with Crippen LogP contribution in [0.15, 0.2) is 59.8 Å². The maximum atomic E-state index is 10.00. The van der Waals surface area contributed by atoms with Gasteiger partial charge in [-0.25, -0.2) is 0 Å². The van der Waals surface area contributed by atoms with E-state index in [4.69, 9.17) is 4.84 Å². The van der Waals surface area contributed by atoms with E-state index in [-0.39, 0.29) is 0 Å². The van der Waals surface area contributed by atoms with Gasteiger partial charge < -0.3 is 9.94 Å². The van der Waals surface area contributed by atoms with Gasteiger partial charge in [0.25, 0.3) is 0 Å². The fraction of sp³-hybridized carbons (Fsp3) is 0.188. The maximum absolute atomic E-state index is 10.00. The third-order valence-electron chi connectivity index (χ3n) is 3.26. The van der Waals surface area contributed by atoms with Gasteiger partial charge in [0.1, 0.15) is 18.4 Å². The molecular formula is C16H15NO2. The van der Waals surface area contributed by atoms with E-state index in [1.54, 1.807) is 0 Å². The minimum Gasteiger partial charge on any atom is -0.391 e. The molecule has 1 N–H and O–H groups in total. The molecule has 0 bridgehead atoms. The average Bonchev–Trinajstić information content (AvgIpc) is 2.76. The van der Waals surface area contributed by atoms with Crippen LogP contribution in [0.5, 0.6) is 0 Å². The van der Waals surface area contributed by atoms with Crippen LogP contribution in [0, 0.1) is 0 Å². The molecule has 1 aliphatic rings. The van der Waals surface area contributed by atoms with Gasteiger partial charge in [0.05, 0.1) is 0 Å². The second-order valence-corrected chi connectivity index (χ2v) is 4.61. The van der Waals surface area contributed by atoms with E-state index in [9.17, 15) is 5.11 Å². The molecule has 3 rings (SSSR count). The molecular weight excluding hydrogens is 238 g/mol. The number of hydrogen-bond acceptors (Lipinski definition) is 3. The lowest BCUT2D eigenvalue weighted by molar-refractivity contribution is 0.125. The quantitative estimate of drug-likeness (QED) is 0.854. The number of aliphatic hydroxyl groups excluding tert-OH is 1. The van der Waals surface area contributed by atoms with Crippen molar-refractivity contribution in [3.8, 4) is 0 Å². The Morgan fingerprint density at radius 3 is 2.63 bits per heavy atom. The summed E-state index contributed by atoms with van der Waals surface area (Å²) in [6.45, 7) is 0.416. The summed E-state index contributed by atoms with van der Waals surface area (Å²) in [5.74, 6) is 0. The number of aliphatic hydroxyl groups is 1. The topological polar surface area (TPSA) is 41.8 Å². The van der Waals surface area contributed by atoms with Crippen molar-refractivity contribution in [3.63, 3.8) is 0 Å². The van der Waals surface area contributed by atoms with Crippen molar-refractivity contribution in [1.29, 1.82) is 0 Å². The van der Waals surface area contributed by atoms with E-state index in [1.165, 1.54) is 0 Å². The maximum Gasteiger partial charge on any atom is 0.142 e. The highest BCUT2D eigenvalue weighted by Gasteiger charge is 2.26. The third-order valence-corrected chi connectivity index (χ3v) is 3.26. The van der Waals surface area contributed by atoms with E-state index in [1.807, 2.05) is 54.6 Å². The summed E-state index contributed by atoms with van der Waals surface area (Å²) in [7, 11) is 0. The number of fused-ring (bicyclic) bond motifs is 1. The van der Waals surface area contributed by atoms with Gasteiger partial charge in [-0.1, -0.05) is 59.8 Å². The van der Waals surface area contributed by atoms with Gasteiger partial charge in [-0.15, -0.1) is 0 Å². The number of benzene rings is 2. The van der Waals surface area contributed by atoms with Crippen LogP contribution in [0.1, 0.15) is 16.7 Å². The SMILES string of the molecule is O[C@@H]1Cc2ccccc2/C1=N\OCc1ccccc1. The Bertz CT molecular complexity index is 593. The zero-order valence-corrected chi connectivity index (χ0v) is 10.5. The highest BCUT2D eigenvalue weighted by atomic mass is 16.6. The van der Waals surface area contributed by atoms with Crippen molar-refractivity contribution in [2.75, 3.05) is 0 Å². The Labute approximate surface area is 112 Å². The van der Waals surface area contributed by atoms with E-state index in [0.717, 1.165) is 16.7 Å². The van der Waals surface area contributed by atoms with Gasteiger partial charge in [-0.05, 0) is 11.1 Å². The molecule has 0 spiro atoms. The molecule has 96 valence electrons. The Kier molecular flexibility index (Phi) is 3.29. The summed E-state index contributed by atoms with van der Waals surface area (Å²) < 4.78 is 0. The lowest BCUT2D eigenvalue weighted by Crippen LogP contribution is -2.16. The Hall–Kier alpha value is -2.13. The zero-order chi connectivity index (χ0) is 13.1. The Balaban J connectivity index is 1.74. The van der Waals surface area contributed by atoms with E-state index >= 15 is 0 Å². The molecule has 2 aromatic carbocycles. The van der Waals surface area contributed by atoms with Crippen LogP contribution < -0.4 is 0 Å². The molecule has 0 saturated heterocycles. The fourth-order valence-corrected chi connectivity index (χ4v) is 2.29. The standard InChI is InChI=1S/C16H15NO2/c18-15-10-13-8-4-5-9-14(13)16(15)17-19-11-12-6-2-1-3-7-12/h1-9,15,18H,10-11H2/b17-16+/t15-/m1/s1. The number of oxime groups is 1. The summed E-state index contributed by atoms with van der Waals surface area (Å²) in [4.78, 5) is 5.36. The highest BCUT2D eigenvalue weighted by molar-refractivity contribution is 6.07. The Morgan fingerprint density at radius 2 is 1.79 bits per heavy atom. The van der Waals surface area contributed by atoms with Crippen molar-refractivity contribution in [2.24, 2.45) is 5.16 Å². The number of hydrogen-bond donors (Lipinski definition) is 1. The minimum atomic E-state index is -0.562. The summed E-state index contributed by atoms with van der Waals surface area (Å²) in [5.41, 5.74) is 3.80. The summed E-state index contributed by atoms with van der Waals surface area (Å²) in [6, 6.07) is 17.8. The summed E-state index contributed by atoms with van der Waals surface area (Å²) in [5, 5.41) is 14.1. The molecule has 0 amide bonds. The average molecular weight is 253 g/mol. The highest BCUT2D eigenvalue weighted by Crippen LogP contribution is 2.22. The van der Waals surface area contributed by atoms with Crippen LogP contribution in [0.4, 0.5) is 0 Å². The molecule has 0 aliphatic heterocycles. The molecule has 3 nitrogen and oxygen atoms in total. The lowest BCUT2D eigenvalue weighted by Gasteiger charge is -2.05. The number of rotatable bonds is 3. The molecule has 0 fully saturated rings. The van der Waals surface area contributed by atoms with Gasteiger partial charge >= 0.3 is 0 Å². The van der Waals surface area contributed by atoms with Crippen LogP contribution in [0.25, 0.3) is 0 Å². The van der Waals surface area contributed by atoms with Crippen LogP contribution in [0.3, 0.4) is 0 Å². The van der Waals surface area contributed by atoms with Crippen LogP contribution in [-0.2, 0) is 17.9 Å². The predicted octanol–water partition coefficient (Wildman–Crippen LogP) is 2.52. The fourth-order valence-electron chi connectivity index (χ4n) is 2.29. The van der Waals surface area contributed by atoms with Gasteiger partial charge in [0.15, 0.2) is 0 Å². The van der Waals surface area contributed by atoms with E-state index < -0.39 is 6.10 Å².